The van der Waals surface area contributed by atoms with E-state index in [0.29, 0.717) is 0 Å². The lowest BCUT2D eigenvalue weighted by atomic mass is 9.82. The molecule has 0 radical (unpaired) electrons. The minimum absolute atomic E-state index is 0.105. The molecule has 0 fully saturated rings. The first-order valence-electron chi connectivity index (χ1n) is 5.79. The third kappa shape index (κ3) is 1.39. The summed E-state index contributed by atoms with van der Waals surface area (Å²) in [5.41, 5.74) is 2.63. The van der Waals surface area contributed by atoms with Crippen LogP contribution >= 0.6 is 0 Å². The zero-order valence-electron chi connectivity index (χ0n) is 9.11. The summed E-state index contributed by atoms with van der Waals surface area (Å²) in [6.45, 7) is 0. The number of benzene rings is 2. The normalized spacial score (nSPS) is 19.1. The first-order valence-corrected chi connectivity index (χ1v) is 5.79. The van der Waals surface area contributed by atoms with Crippen molar-refractivity contribution < 1.29 is 0 Å². The van der Waals surface area contributed by atoms with Crippen molar-refractivity contribution in [1.82, 2.24) is 0 Å². The molecule has 1 heteroatoms. The van der Waals surface area contributed by atoms with Gasteiger partial charge in [-0.05, 0) is 47.2 Å². The largest absolute Gasteiger partial charge is 0.198 e. The van der Waals surface area contributed by atoms with Crippen LogP contribution in [-0.2, 0) is 6.42 Å². The Bertz CT molecular complexity index is 577. The maximum Gasteiger partial charge on any atom is 0.0715 e. The Morgan fingerprint density at radius 1 is 1.12 bits per heavy atom. The van der Waals surface area contributed by atoms with E-state index in [9.17, 15) is 0 Å². The summed E-state index contributed by atoms with van der Waals surface area (Å²) in [6.07, 6.45) is 3.28. The van der Waals surface area contributed by atoms with E-state index in [2.05, 4.69) is 42.5 Å². The van der Waals surface area contributed by atoms with Gasteiger partial charge in [0.2, 0.25) is 0 Å². The molecular weight excluding hydrogens is 194 g/mol. The SMILES string of the molecule is N#CC1CCCc2cc3ccccc3cc21. The van der Waals surface area contributed by atoms with Crippen molar-refractivity contribution in [2.24, 2.45) is 0 Å². The van der Waals surface area contributed by atoms with Gasteiger partial charge in [-0.2, -0.15) is 5.26 Å². The Hall–Kier alpha value is -1.81. The van der Waals surface area contributed by atoms with Crippen LogP contribution in [-0.4, -0.2) is 0 Å². The fraction of sp³-hybridized carbons (Fsp3) is 0.267. The summed E-state index contributed by atoms with van der Waals surface area (Å²) < 4.78 is 0. The highest BCUT2D eigenvalue weighted by molar-refractivity contribution is 5.84. The van der Waals surface area contributed by atoms with Crippen molar-refractivity contribution >= 4 is 10.8 Å². The van der Waals surface area contributed by atoms with E-state index in [0.717, 1.165) is 19.3 Å². The van der Waals surface area contributed by atoms with Crippen LogP contribution in [0.3, 0.4) is 0 Å². The lowest BCUT2D eigenvalue weighted by Gasteiger charge is -2.21. The van der Waals surface area contributed by atoms with Crippen LogP contribution in [0.15, 0.2) is 36.4 Å². The smallest absolute Gasteiger partial charge is 0.0715 e. The number of hydrogen-bond acceptors (Lipinski definition) is 1. The lowest BCUT2D eigenvalue weighted by Crippen LogP contribution is -2.07. The molecule has 0 bridgehead atoms. The van der Waals surface area contributed by atoms with Gasteiger partial charge >= 0.3 is 0 Å². The molecule has 0 amide bonds. The van der Waals surface area contributed by atoms with Crippen molar-refractivity contribution in [3.8, 4) is 6.07 Å². The highest BCUT2D eigenvalue weighted by atomic mass is 14.3. The molecule has 3 rings (SSSR count). The number of hydrogen-bond donors (Lipinski definition) is 0. The predicted molar refractivity (Wildman–Crippen MR) is 65.2 cm³/mol. The number of nitrogens with zero attached hydrogens (tertiary/aromatic N) is 1. The molecular formula is C15H13N. The third-order valence-electron chi connectivity index (χ3n) is 3.48. The molecule has 1 atom stereocenters. The Labute approximate surface area is 95.3 Å². The minimum atomic E-state index is 0.105. The van der Waals surface area contributed by atoms with Crippen LogP contribution in [0.4, 0.5) is 0 Å². The molecule has 0 saturated heterocycles. The number of nitriles is 1. The molecule has 1 nitrogen and oxygen atoms in total. The standard InChI is InChI=1S/C15H13N/c16-10-14-7-3-6-13-8-11-4-1-2-5-12(11)9-15(13)14/h1-2,4-5,8-9,14H,3,6-7H2. The molecule has 0 spiro atoms. The van der Waals surface area contributed by atoms with E-state index in [1.54, 1.807) is 0 Å². The van der Waals surface area contributed by atoms with Gasteiger partial charge in [-0.1, -0.05) is 30.3 Å². The summed E-state index contributed by atoms with van der Waals surface area (Å²) in [4.78, 5) is 0. The summed E-state index contributed by atoms with van der Waals surface area (Å²) in [5, 5.41) is 11.7. The Morgan fingerprint density at radius 2 is 1.88 bits per heavy atom. The van der Waals surface area contributed by atoms with Crippen LogP contribution < -0.4 is 0 Å². The van der Waals surface area contributed by atoms with Crippen molar-refractivity contribution in [3.05, 3.63) is 47.5 Å². The quantitative estimate of drug-likeness (QED) is 0.645. The molecule has 78 valence electrons. The van der Waals surface area contributed by atoms with Crippen LogP contribution in [0.25, 0.3) is 10.8 Å². The van der Waals surface area contributed by atoms with Crippen molar-refractivity contribution in [2.45, 2.75) is 25.2 Å². The van der Waals surface area contributed by atoms with Gasteiger partial charge in [0.15, 0.2) is 0 Å². The first kappa shape index (κ1) is 9.42. The molecule has 0 saturated carbocycles. The highest BCUT2D eigenvalue weighted by Crippen LogP contribution is 2.33. The minimum Gasteiger partial charge on any atom is -0.198 e. The van der Waals surface area contributed by atoms with Gasteiger partial charge < -0.3 is 0 Å². The van der Waals surface area contributed by atoms with Crippen LogP contribution in [0.1, 0.15) is 29.9 Å². The van der Waals surface area contributed by atoms with Crippen LogP contribution in [0, 0.1) is 11.3 Å². The third-order valence-corrected chi connectivity index (χ3v) is 3.48. The first-order chi connectivity index (χ1) is 7.88. The van der Waals surface area contributed by atoms with E-state index >= 15 is 0 Å². The summed E-state index contributed by atoms with van der Waals surface area (Å²) in [5.74, 6) is 0.105. The van der Waals surface area contributed by atoms with Crippen LogP contribution in [0.5, 0.6) is 0 Å². The van der Waals surface area contributed by atoms with E-state index < -0.39 is 0 Å². The highest BCUT2D eigenvalue weighted by Gasteiger charge is 2.19. The zero-order chi connectivity index (χ0) is 11.0. The average Bonchev–Trinajstić information content (AvgIpc) is 2.35. The monoisotopic (exact) mass is 207 g/mol. The summed E-state index contributed by atoms with van der Waals surface area (Å²) >= 11 is 0. The second kappa shape index (κ2) is 3.64. The molecule has 0 N–H and O–H groups in total. The predicted octanol–water partition coefficient (Wildman–Crippen LogP) is 3.78. The number of fused-ring (bicyclic) bond motifs is 2. The molecule has 0 aliphatic heterocycles. The average molecular weight is 207 g/mol. The summed E-state index contributed by atoms with van der Waals surface area (Å²) in [7, 11) is 0. The van der Waals surface area contributed by atoms with Gasteiger partial charge in [-0.3, -0.25) is 0 Å². The van der Waals surface area contributed by atoms with Gasteiger partial charge in [0, 0.05) is 0 Å². The number of aryl methyl sites for hydroxylation is 1. The van der Waals surface area contributed by atoms with Gasteiger partial charge in [0.25, 0.3) is 0 Å². The maximum atomic E-state index is 9.16. The molecule has 1 unspecified atom stereocenters. The van der Waals surface area contributed by atoms with E-state index in [1.165, 1.54) is 21.9 Å². The lowest BCUT2D eigenvalue weighted by molar-refractivity contribution is 0.638. The molecule has 16 heavy (non-hydrogen) atoms. The van der Waals surface area contributed by atoms with Crippen molar-refractivity contribution in [1.29, 1.82) is 5.26 Å². The molecule has 1 aliphatic rings. The fourth-order valence-electron chi connectivity index (χ4n) is 2.63. The van der Waals surface area contributed by atoms with Gasteiger partial charge in [-0.25, -0.2) is 0 Å². The Balaban J connectivity index is 2.26. The fourth-order valence-corrected chi connectivity index (χ4v) is 2.63. The van der Waals surface area contributed by atoms with Gasteiger partial charge in [-0.15, -0.1) is 0 Å². The maximum absolute atomic E-state index is 9.16. The van der Waals surface area contributed by atoms with E-state index in [4.69, 9.17) is 5.26 Å². The van der Waals surface area contributed by atoms with Gasteiger partial charge in [0.05, 0.1) is 12.0 Å². The van der Waals surface area contributed by atoms with Crippen molar-refractivity contribution in [3.63, 3.8) is 0 Å². The second-order valence-electron chi connectivity index (χ2n) is 4.47. The molecule has 2 aromatic carbocycles. The molecule has 0 aromatic heterocycles. The topological polar surface area (TPSA) is 23.8 Å². The molecule has 0 heterocycles. The molecule has 2 aromatic rings. The summed E-state index contributed by atoms with van der Waals surface area (Å²) in [6, 6.07) is 15.3. The Morgan fingerprint density at radius 3 is 2.62 bits per heavy atom. The zero-order valence-corrected chi connectivity index (χ0v) is 9.11. The van der Waals surface area contributed by atoms with Crippen molar-refractivity contribution in [2.75, 3.05) is 0 Å². The Kier molecular flexibility index (Phi) is 2.15. The molecule has 1 aliphatic carbocycles. The van der Waals surface area contributed by atoms with E-state index in [1.807, 2.05) is 0 Å². The van der Waals surface area contributed by atoms with E-state index in [-0.39, 0.29) is 5.92 Å². The number of rotatable bonds is 0. The van der Waals surface area contributed by atoms with Crippen LogP contribution in [0.2, 0.25) is 0 Å². The second-order valence-corrected chi connectivity index (χ2v) is 4.47. The van der Waals surface area contributed by atoms with Gasteiger partial charge in [0.1, 0.15) is 0 Å².